The summed E-state index contributed by atoms with van der Waals surface area (Å²) in [5.41, 5.74) is -0.257. The highest BCUT2D eigenvalue weighted by atomic mass is 16.5. The summed E-state index contributed by atoms with van der Waals surface area (Å²) in [6, 6.07) is 3.50. The number of amides is 1. The number of nitrogens with zero attached hydrogens (tertiary/aromatic N) is 5. The number of aromatic nitrogens is 4. The third kappa shape index (κ3) is 3.65. The van der Waals surface area contributed by atoms with Crippen LogP contribution in [0.15, 0.2) is 36.9 Å². The second kappa shape index (κ2) is 7.33. The van der Waals surface area contributed by atoms with Crippen molar-refractivity contribution in [3.05, 3.63) is 42.7 Å². The topological polar surface area (TPSA) is 93.1 Å². The molecule has 1 amide bonds. The largest absolute Gasteiger partial charge is 0.368 e. The Hall–Kier alpha value is -2.61. The van der Waals surface area contributed by atoms with Crippen molar-refractivity contribution in [2.24, 2.45) is 0 Å². The standard InChI is InChI=1S/C18H22N6O2/c25-16(15-19-7-2-8-20-15)24-11-6-18(13-24)5-1-4-14(26-18)12-23-17-21-9-3-10-22-17/h2-3,7-10,14H,1,4-6,11-13H2,(H,21,22,23)/t14-,18-/m1/s1. The molecule has 0 aromatic carbocycles. The van der Waals surface area contributed by atoms with Crippen LogP contribution < -0.4 is 5.32 Å². The van der Waals surface area contributed by atoms with Crippen molar-refractivity contribution in [2.75, 3.05) is 25.0 Å². The normalized spacial score (nSPS) is 25.4. The molecule has 2 aliphatic rings. The minimum atomic E-state index is -0.257. The van der Waals surface area contributed by atoms with Crippen LogP contribution in [0.4, 0.5) is 5.95 Å². The minimum absolute atomic E-state index is 0.0931. The molecule has 0 bridgehead atoms. The highest BCUT2D eigenvalue weighted by Gasteiger charge is 2.44. The molecule has 1 N–H and O–H groups in total. The molecule has 0 aliphatic carbocycles. The number of rotatable bonds is 4. The smallest absolute Gasteiger partial charge is 0.291 e. The summed E-state index contributed by atoms with van der Waals surface area (Å²) in [4.78, 5) is 30.9. The van der Waals surface area contributed by atoms with Gasteiger partial charge in [0.1, 0.15) is 0 Å². The van der Waals surface area contributed by atoms with E-state index < -0.39 is 0 Å². The molecule has 0 saturated carbocycles. The first-order valence-electron chi connectivity index (χ1n) is 8.99. The molecule has 2 aromatic rings. The molecule has 26 heavy (non-hydrogen) atoms. The predicted octanol–water partition coefficient (Wildman–Crippen LogP) is 1.53. The molecule has 8 nitrogen and oxygen atoms in total. The molecule has 8 heteroatoms. The van der Waals surface area contributed by atoms with Crippen LogP contribution in [0, 0.1) is 0 Å². The number of hydrogen-bond acceptors (Lipinski definition) is 7. The van der Waals surface area contributed by atoms with Crippen molar-refractivity contribution in [3.63, 3.8) is 0 Å². The van der Waals surface area contributed by atoms with E-state index in [0.717, 1.165) is 25.7 Å². The maximum atomic E-state index is 12.6. The van der Waals surface area contributed by atoms with Crippen LogP contribution in [0.1, 0.15) is 36.3 Å². The van der Waals surface area contributed by atoms with Gasteiger partial charge in [0.15, 0.2) is 0 Å². The SMILES string of the molecule is O=C(c1ncccn1)N1CC[C@]2(CCC[C@H](CNc3ncccn3)O2)C1. The Morgan fingerprint density at radius 3 is 2.65 bits per heavy atom. The van der Waals surface area contributed by atoms with Crippen molar-refractivity contribution in [2.45, 2.75) is 37.4 Å². The fourth-order valence-corrected chi connectivity index (χ4v) is 3.73. The van der Waals surface area contributed by atoms with Gasteiger partial charge in [-0.15, -0.1) is 0 Å². The van der Waals surface area contributed by atoms with E-state index in [1.807, 2.05) is 4.90 Å². The van der Waals surface area contributed by atoms with Crippen LogP contribution in [0.25, 0.3) is 0 Å². The van der Waals surface area contributed by atoms with E-state index >= 15 is 0 Å². The Balaban J connectivity index is 1.36. The van der Waals surface area contributed by atoms with Gasteiger partial charge >= 0.3 is 0 Å². The van der Waals surface area contributed by atoms with Crippen molar-refractivity contribution < 1.29 is 9.53 Å². The van der Waals surface area contributed by atoms with Gasteiger partial charge in [-0.3, -0.25) is 4.79 Å². The molecule has 2 fully saturated rings. The summed E-state index contributed by atoms with van der Waals surface area (Å²) in [7, 11) is 0. The monoisotopic (exact) mass is 354 g/mol. The average molecular weight is 354 g/mol. The van der Waals surface area contributed by atoms with Crippen LogP contribution in [-0.2, 0) is 4.74 Å². The lowest BCUT2D eigenvalue weighted by atomic mass is 9.90. The first-order valence-corrected chi connectivity index (χ1v) is 8.99. The maximum absolute atomic E-state index is 12.6. The quantitative estimate of drug-likeness (QED) is 0.890. The molecule has 2 saturated heterocycles. The summed E-state index contributed by atoms with van der Waals surface area (Å²) >= 11 is 0. The van der Waals surface area contributed by atoms with Crippen molar-refractivity contribution in [3.8, 4) is 0 Å². The van der Waals surface area contributed by atoms with Gasteiger partial charge < -0.3 is 15.0 Å². The van der Waals surface area contributed by atoms with Gasteiger partial charge in [-0.25, -0.2) is 19.9 Å². The van der Waals surface area contributed by atoms with E-state index in [1.165, 1.54) is 0 Å². The summed E-state index contributed by atoms with van der Waals surface area (Å²) in [5.74, 6) is 0.740. The molecular formula is C18H22N6O2. The summed E-state index contributed by atoms with van der Waals surface area (Å²) in [5, 5.41) is 3.23. The van der Waals surface area contributed by atoms with Crippen LogP contribution in [0.2, 0.25) is 0 Å². The van der Waals surface area contributed by atoms with Gasteiger partial charge in [0.05, 0.1) is 18.2 Å². The number of carbonyl (C=O) groups is 1. The molecule has 4 heterocycles. The summed E-state index contributed by atoms with van der Waals surface area (Å²) in [6.07, 6.45) is 10.6. The zero-order valence-corrected chi connectivity index (χ0v) is 14.5. The Morgan fingerprint density at radius 2 is 1.88 bits per heavy atom. The number of hydrogen-bond donors (Lipinski definition) is 1. The lowest BCUT2D eigenvalue weighted by Gasteiger charge is -2.38. The number of carbonyl (C=O) groups excluding carboxylic acids is 1. The molecular weight excluding hydrogens is 332 g/mol. The Morgan fingerprint density at radius 1 is 1.15 bits per heavy atom. The predicted molar refractivity (Wildman–Crippen MR) is 94.5 cm³/mol. The van der Waals surface area contributed by atoms with Crippen LogP contribution in [0.3, 0.4) is 0 Å². The van der Waals surface area contributed by atoms with Crippen molar-refractivity contribution in [1.82, 2.24) is 24.8 Å². The van der Waals surface area contributed by atoms with Crippen LogP contribution in [-0.4, -0.2) is 62.1 Å². The molecule has 136 valence electrons. The number of likely N-dealkylation sites (tertiary alicyclic amines) is 1. The first-order chi connectivity index (χ1) is 12.7. The Bertz CT molecular complexity index is 744. The van der Waals surface area contributed by atoms with Gasteiger partial charge in [-0.2, -0.15) is 0 Å². The minimum Gasteiger partial charge on any atom is -0.368 e. The van der Waals surface area contributed by atoms with E-state index in [4.69, 9.17) is 4.74 Å². The fraction of sp³-hybridized carbons (Fsp3) is 0.500. The van der Waals surface area contributed by atoms with E-state index in [0.29, 0.717) is 25.6 Å². The lowest BCUT2D eigenvalue weighted by Crippen LogP contribution is -2.46. The number of nitrogens with one attached hydrogen (secondary N) is 1. The molecule has 2 aliphatic heterocycles. The first kappa shape index (κ1) is 16.8. The molecule has 0 unspecified atom stereocenters. The van der Waals surface area contributed by atoms with E-state index in [9.17, 15) is 4.79 Å². The van der Waals surface area contributed by atoms with Crippen LogP contribution in [0.5, 0.6) is 0 Å². The maximum Gasteiger partial charge on any atom is 0.291 e. The van der Waals surface area contributed by atoms with Gasteiger partial charge in [0.2, 0.25) is 11.8 Å². The third-order valence-electron chi connectivity index (χ3n) is 4.99. The Labute approximate surface area is 152 Å². The second-order valence-corrected chi connectivity index (χ2v) is 6.82. The van der Waals surface area contributed by atoms with Crippen molar-refractivity contribution in [1.29, 1.82) is 0 Å². The molecule has 4 rings (SSSR count). The fourth-order valence-electron chi connectivity index (χ4n) is 3.73. The summed E-state index contributed by atoms with van der Waals surface area (Å²) < 4.78 is 6.42. The Kier molecular flexibility index (Phi) is 4.75. The van der Waals surface area contributed by atoms with Crippen molar-refractivity contribution >= 4 is 11.9 Å². The molecule has 2 aromatic heterocycles. The molecule has 0 radical (unpaired) electrons. The van der Waals surface area contributed by atoms with E-state index in [2.05, 4.69) is 25.3 Å². The second-order valence-electron chi connectivity index (χ2n) is 6.82. The summed E-state index contributed by atoms with van der Waals surface area (Å²) in [6.45, 7) is 1.95. The molecule has 2 atom stereocenters. The lowest BCUT2D eigenvalue weighted by molar-refractivity contribution is -0.114. The number of anilines is 1. The third-order valence-corrected chi connectivity index (χ3v) is 4.99. The highest BCUT2D eigenvalue weighted by Crippen LogP contribution is 2.37. The average Bonchev–Trinajstić information content (AvgIpc) is 3.10. The van der Waals surface area contributed by atoms with E-state index in [-0.39, 0.29) is 23.4 Å². The number of ether oxygens (including phenoxy) is 1. The zero-order chi connectivity index (χ0) is 17.8. The van der Waals surface area contributed by atoms with Gasteiger partial charge in [-0.05, 0) is 37.8 Å². The molecule has 1 spiro atoms. The van der Waals surface area contributed by atoms with Gasteiger partial charge in [0, 0.05) is 37.9 Å². The highest BCUT2D eigenvalue weighted by molar-refractivity contribution is 5.90. The van der Waals surface area contributed by atoms with Gasteiger partial charge in [-0.1, -0.05) is 0 Å². The van der Waals surface area contributed by atoms with Crippen LogP contribution >= 0.6 is 0 Å². The van der Waals surface area contributed by atoms with E-state index in [1.54, 1.807) is 36.9 Å². The zero-order valence-electron chi connectivity index (χ0n) is 14.5. The van der Waals surface area contributed by atoms with Gasteiger partial charge in [0.25, 0.3) is 5.91 Å².